The molecular formula is C21H23FN2O3S. The summed E-state index contributed by atoms with van der Waals surface area (Å²) in [5.74, 6) is -0.401. The van der Waals surface area contributed by atoms with Gasteiger partial charge in [0.05, 0.1) is 11.5 Å². The van der Waals surface area contributed by atoms with Crippen molar-refractivity contribution in [1.82, 2.24) is 4.72 Å². The first-order valence-corrected chi connectivity index (χ1v) is 10.4. The minimum atomic E-state index is -3.89. The SMILES string of the molecule is CN(C)c1ccc(S(=O)(=O)N[C@@H](CO)Cc2cccc(F)c2)c2ccccc12. The maximum Gasteiger partial charge on any atom is 0.241 e. The number of hydrogen-bond donors (Lipinski definition) is 2. The topological polar surface area (TPSA) is 69.6 Å². The van der Waals surface area contributed by atoms with Crippen molar-refractivity contribution >= 4 is 26.5 Å². The highest BCUT2D eigenvalue weighted by Crippen LogP contribution is 2.31. The molecule has 0 amide bonds. The molecule has 0 fully saturated rings. The molecule has 0 saturated heterocycles. The predicted octanol–water partition coefficient (Wildman–Crippen LogP) is 2.93. The molecule has 0 radical (unpaired) electrons. The number of benzene rings is 3. The molecular weight excluding hydrogens is 379 g/mol. The van der Waals surface area contributed by atoms with Crippen LogP contribution >= 0.6 is 0 Å². The summed E-state index contributed by atoms with van der Waals surface area (Å²) in [7, 11) is -0.0976. The largest absolute Gasteiger partial charge is 0.395 e. The average Bonchev–Trinajstić information content (AvgIpc) is 2.66. The van der Waals surface area contributed by atoms with Crippen LogP contribution in [0.1, 0.15) is 5.56 Å². The Balaban J connectivity index is 1.95. The van der Waals surface area contributed by atoms with E-state index in [4.69, 9.17) is 0 Å². The lowest BCUT2D eigenvalue weighted by molar-refractivity contribution is 0.256. The maximum absolute atomic E-state index is 13.4. The number of hydrogen-bond acceptors (Lipinski definition) is 4. The number of sulfonamides is 1. The molecule has 5 nitrogen and oxygen atoms in total. The van der Waals surface area contributed by atoms with Crippen molar-refractivity contribution in [3.05, 3.63) is 72.0 Å². The molecule has 0 aliphatic heterocycles. The summed E-state index contributed by atoms with van der Waals surface area (Å²) >= 11 is 0. The Kier molecular flexibility index (Phi) is 5.98. The summed E-state index contributed by atoms with van der Waals surface area (Å²) in [4.78, 5) is 2.07. The van der Waals surface area contributed by atoms with Gasteiger partial charge in [-0.3, -0.25) is 0 Å². The lowest BCUT2D eigenvalue weighted by Gasteiger charge is -2.20. The monoisotopic (exact) mass is 402 g/mol. The number of fused-ring (bicyclic) bond motifs is 1. The first-order valence-electron chi connectivity index (χ1n) is 8.88. The lowest BCUT2D eigenvalue weighted by Crippen LogP contribution is -2.39. The zero-order valence-electron chi connectivity index (χ0n) is 15.8. The van der Waals surface area contributed by atoms with E-state index in [9.17, 15) is 17.9 Å². The molecule has 0 spiro atoms. The highest BCUT2D eigenvalue weighted by molar-refractivity contribution is 7.89. The molecule has 28 heavy (non-hydrogen) atoms. The van der Waals surface area contributed by atoms with Gasteiger partial charge in [0, 0.05) is 36.6 Å². The van der Waals surface area contributed by atoms with Crippen LogP contribution in [0.3, 0.4) is 0 Å². The van der Waals surface area contributed by atoms with Crippen LogP contribution in [0.2, 0.25) is 0 Å². The second kappa shape index (κ2) is 8.26. The molecule has 0 aliphatic carbocycles. The number of aliphatic hydroxyl groups excluding tert-OH is 1. The fourth-order valence-electron chi connectivity index (χ4n) is 3.25. The Morgan fingerprint density at radius 3 is 2.39 bits per heavy atom. The molecule has 0 heterocycles. The fourth-order valence-corrected chi connectivity index (χ4v) is 4.69. The molecule has 3 rings (SSSR count). The molecule has 0 aliphatic rings. The van der Waals surface area contributed by atoms with Crippen LogP contribution in [0.5, 0.6) is 0 Å². The van der Waals surface area contributed by atoms with E-state index in [1.165, 1.54) is 12.1 Å². The number of nitrogens with zero attached hydrogens (tertiary/aromatic N) is 1. The third-order valence-electron chi connectivity index (χ3n) is 4.55. The number of aliphatic hydroxyl groups is 1. The lowest BCUT2D eigenvalue weighted by atomic mass is 10.1. The zero-order chi connectivity index (χ0) is 20.3. The van der Waals surface area contributed by atoms with E-state index in [1.807, 2.05) is 31.1 Å². The van der Waals surface area contributed by atoms with Gasteiger partial charge < -0.3 is 10.0 Å². The average molecular weight is 402 g/mol. The van der Waals surface area contributed by atoms with Gasteiger partial charge in [-0.1, -0.05) is 36.4 Å². The van der Waals surface area contributed by atoms with Crippen LogP contribution in [-0.2, 0) is 16.4 Å². The molecule has 0 unspecified atom stereocenters. The van der Waals surface area contributed by atoms with Gasteiger partial charge in [-0.05, 0) is 36.2 Å². The molecule has 148 valence electrons. The minimum Gasteiger partial charge on any atom is -0.395 e. The Morgan fingerprint density at radius 1 is 1.04 bits per heavy atom. The van der Waals surface area contributed by atoms with E-state index < -0.39 is 28.5 Å². The summed E-state index contributed by atoms with van der Waals surface area (Å²) in [6.07, 6.45) is 0.182. The highest BCUT2D eigenvalue weighted by Gasteiger charge is 2.23. The number of halogens is 1. The second-order valence-corrected chi connectivity index (χ2v) is 8.54. The normalized spacial score (nSPS) is 12.9. The summed E-state index contributed by atoms with van der Waals surface area (Å²) in [5.41, 5.74) is 1.52. The van der Waals surface area contributed by atoms with Crippen LogP contribution in [0, 0.1) is 5.82 Å². The molecule has 2 N–H and O–H groups in total. The second-order valence-electron chi connectivity index (χ2n) is 6.86. The quantitative estimate of drug-likeness (QED) is 0.638. The van der Waals surface area contributed by atoms with Crippen LogP contribution in [0.4, 0.5) is 10.1 Å². The van der Waals surface area contributed by atoms with Crippen molar-refractivity contribution in [2.75, 3.05) is 25.6 Å². The van der Waals surface area contributed by atoms with Gasteiger partial charge in [-0.25, -0.2) is 17.5 Å². The summed E-state index contributed by atoms with van der Waals surface area (Å²) in [6.45, 7) is -0.399. The van der Waals surface area contributed by atoms with Gasteiger partial charge in [0.1, 0.15) is 5.82 Å². The Bertz CT molecular complexity index is 1080. The minimum absolute atomic E-state index is 0.145. The van der Waals surface area contributed by atoms with E-state index >= 15 is 0 Å². The van der Waals surface area contributed by atoms with Crippen molar-refractivity contribution in [3.8, 4) is 0 Å². The van der Waals surface area contributed by atoms with Crippen LogP contribution in [0.15, 0.2) is 65.6 Å². The molecule has 1 atom stereocenters. The highest BCUT2D eigenvalue weighted by atomic mass is 32.2. The number of rotatable bonds is 7. The van der Waals surface area contributed by atoms with Crippen molar-refractivity contribution in [2.45, 2.75) is 17.4 Å². The zero-order valence-corrected chi connectivity index (χ0v) is 16.6. The third-order valence-corrected chi connectivity index (χ3v) is 6.12. The maximum atomic E-state index is 13.4. The van der Waals surface area contributed by atoms with Gasteiger partial charge in [-0.15, -0.1) is 0 Å². The van der Waals surface area contributed by atoms with Gasteiger partial charge in [0.25, 0.3) is 0 Å². The van der Waals surface area contributed by atoms with Gasteiger partial charge in [0.2, 0.25) is 10.0 Å². The van der Waals surface area contributed by atoms with Crippen molar-refractivity contribution < 1.29 is 17.9 Å². The molecule has 3 aromatic carbocycles. The van der Waals surface area contributed by atoms with E-state index in [0.29, 0.717) is 10.9 Å². The fraction of sp³-hybridized carbons (Fsp3) is 0.238. The van der Waals surface area contributed by atoms with Crippen LogP contribution in [0.25, 0.3) is 10.8 Å². The standard InChI is InChI=1S/C21H23FN2O3S/c1-24(2)20-10-11-21(19-9-4-3-8-18(19)20)28(26,27)23-17(14-25)13-15-6-5-7-16(22)12-15/h3-12,17,23,25H,13-14H2,1-2H3/t17-/m1/s1. The molecule has 0 saturated carbocycles. The van der Waals surface area contributed by atoms with E-state index in [2.05, 4.69) is 4.72 Å². The summed E-state index contributed by atoms with van der Waals surface area (Å²) < 4.78 is 42.0. The number of anilines is 1. The summed E-state index contributed by atoms with van der Waals surface area (Å²) in [5, 5.41) is 11.1. The molecule has 0 bridgehead atoms. The number of nitrogens with one attached hydrogen (secondary N) is 1. The van der Waals surface area contributed by atoms with Gasteiger partial charge >= 0.3 is 0 Å². The van der Waals surface area contributed by atoms with Gasteiger partial charge in [0.15, 0.2) is 0 Å². The Hall–Kier alpha value is -2.48. The smallest absolute Gasteiger partial charge is 0.241 e. The first-order chi connectivity index (χ1) is 13.3. The Labute approximate surface area is 164 Å². The third kappa shape index (κ3) is 4.32. The van der Waals surface area contributed by atoms with E-state index in [0.717, 1.165) is 11.1 Å². The summed E-state index contributed by atoms with van der Waals surface area (Å²) in [6, 6.07) is 15.8. The van der Waals surface area contributed by atoms with Gasteiger partial charge in [-0.2, -0.15) is 0 Å². The Morgan fingerprint density at radius 2 is 1.75 bits per heavy atom. The van der Waals surface area contributed by atoms with E-state index in [-0.39, 0.29) is 11.3 Å². The van der Waals surface area contributed by atoms with Crippen molar-refractivity contribution in [3.63, 3.8) is 0 Å². The molecule has 0 aromatic heterocycles. The van der Waals surface area contributed by atoms with E-state index in [1.54, 1.807) is 36.4 Å². The van der Waals surface area contributed by atoms with Crippen LogP contribution in [-0.4, -0.2) is 40.3 Å². The predicted molar refractivity (Wildman–Crippen MR) is 110 cm³/mol. The van der Waals surface area contributed by atoms with Crippen LogP contribution < -0.4 is 9.62 Å². The molecule has 7 heteroatoms. The van der Waals surface area contributed by atoms with Crippen molar-refractivity contribution in [2.24, 2.45) is 0 Å². The molecule has 3 aromatic rings. The van der Waals surface area contributed by atoms with Crippen molar-refractivity contribution in [1.29, 1.82) is 0 Å². The first kappa shape index (κ1) is 20.3.